The number of hydrogen-bond acceptors (Lipinski definition) is 8. The molecule has 2 aromatic heterocycles. The van der Waals surface area contributed by atoms with Crippen molar-refractivity contribution in [3.05, 3.63) is 59.2 Å². The van der Waals surface area contributed by atoms with Crippen LogP contribution < -0.4 is 24.7 Å². The molecule has 3 N–H and O–H groups in total. The van der Waals surface area contributed by atoms with Crippen molar-refractivity contribution in [3.63, 3.8) is 0 Å². The highest BCUT2D eigenvalue weighted by Crippen LogP contribution is 2.49. The molecule has 152 valence electrons. The van der Waals surface area contributed by atoms with E-state index in [-0.39, 0.29) is 17.3 Å². The number of H-pyrrole nitrogens is 1. The molecule has 3 aromatic rings. The van der Waals surface area contributed by atoms with Gasteiger partial charge in [0.25, 0.3) is 0 Å². The van der Waals surface area contributed by atoms with E-state index in [4.69, 9.17) is 24.7 Å². The van der Waals surface area contributed by atoms with Gasteiger partial charge in [0.05, 0.1) is 38.5 Å². The van der Waals surface area contributed by atoms with Crippen LogP contribution in [0, 0.1) is 11.3 Å². The highest BCUT2D eigenvalue weighted by atomic mass is 16.5. The number of nitrogens with two attached hydrogens (primary N) is 1. The van der Waals surface area contributed by atoms with E-state index in [9.17, 15) is 5.26 Å². The van der Waals surface area contributed by atoms with Crippen molar-refractivity contribution >= 4 is 0 Å². The van der Waals surface area contributed by atoms with Gasteiger partial charge < -0.3 is 24.7 Å². The van der Waals surface area contributed by atoms with Crippen LogP contribution in [0.2, 0.25) is 0 Å². The predicted octanol–water partition coefficient (Wildman–Crippen LogP) is 2.72. The summed E-state index contributed by atoms with van der Waals surface area (Å²) in [5, 5.41) is 17.1. The molecular weight excluding hydrogens is 386 g/mol. The smallest absolute Gasteiger partial charge is 0.244 e. The lowest BCUT2D eigenvalue weighted by Crippen LogP contribution is -2.21. The Balaban J connectivity index is 2.01. The molecule has 0 radical (unpaired) electrons. The van der Waals surface area contributed by atoms with Crippen molar-refractivity contribution in [1.29, 1.82) is 5.26 Å². The lowest BCUT2D eigenvalue weighted by Gasteiger charge is -2.26. The number of aromatic amines is 1. The number of methoxy groups -OCH3 is 3. The lowest BCUT2D eigenvalue weighted by atomic mass is 9.82. The maximum atomic E-state index is 9.90. The van der Waals surface area contributed by atoms with Crippen molar-refractivity contribution in [2.24, 2.45) is 5.73 Å². The van der Waals surface area contributed by atoms with Crippen LogP contribution in [-0.4, -0.2) is 36.5 Å². The van der Waals surface area contributed by atoms with Crippen LogP contribution in [0.4, 0.5) is 0 Å². The van der Waals surface area contributed by atoms with Gasteiger partial charge in [0.15, 0.2) is 11.5 Å². The second-order valence-electron chi connectivity index (χ2n) is 6.43. The van der Waals surface area contributed by atoms with Crippen LogP contribution in [-0.2, 0) is 0 Å². The monoisotopic (exact) mass is 405 g/mol. The number of nitriles is 1. The number of fused-ring (bicyclic) bond motifs is 1. The molecule has 1 aliphatic rings. The summed E-state index contributed by atoms with van der Waals surface area (Å²) in [5.41, 5.74) is 9.07. The van der Waals surface area contributed by atoms with Crippen LogP contribution in [0.5, 0.6) is 23.1 Å². The molecule has 30 heavy (non-hydrogen) atoms. The molecule has 0 fully saturated rings. The number of ether oxygens (including phenoxy) is 4. The molecule has 0 amide bonds. The summed E-state index contributed by atoms with van der Waals surface area (Å²) in [7, 11) is 4.62. The second-order valence-corrected chi connectivity index (χ2v) is 6.43. The zero-order valence-corrected chi connectivity index (χ0v) is 16.6. The summed E-state index contributed by atoms with van der Waals surface area (Å²) >= 11 is 0. The first-order valence-corrected chi connectivity index (χ1v) is 8.99. The van der Waals surface area contributed by atoms with Crippen molar-refractivity contribution in [2.75, 3.05) is 21.3 Å². The molecule has 1 atom stereocenters. The number of rotatable bonds is 5. The molecule has 9 heteroatoms. The van der Waals surface area contributed by atoms with E-state index in [2.05, 4.69) is 21.3 Å². The van der Waals surface area contributed by atoms with Gasteiger partial charge in [-0.05, 0) is 18.2 Å². The minimum atomic E-state index is -0.609. The van der Waals surface area contributed by atoms with Crippen LogP contribution in [0.15, 0.2) is 48.1 Å². The Kier molecular flexibility index (Phi) is 4.90. The Morgan fingerprint density at radius 2 is 1.87 bits per heavy atom. The third-order valence-corrected chi connectivity index (χ3v) is 4.94. The quantitative estimate of drug-likeness (QED) is 0.663. The van der Waals surface area contributed by atoms with Gasteiger partial charge in [0.1, 0.15) is 17.4 Å². The van der Waals surface area contributed by atoms with Gasteiger partial charge in [-0.2, -0.15) is 5.26 Å². The SMILES string of the molecule is COc1cc(OC)c([C@H]2C(C#N)=C(N)Oc3n[nH]c(-c4cccnc4)c32)cc1OC. The van der Waals surface area contributed by atoms with E-state index in [1.54, 1.807) is 38.7 Å². The van der Waals surface area contributed by atoms with Crippen LogP contribution in [0.25, 0.3) is 11.3 Å². The fraction of sp³-hybridized carbons (Fsp3) is 0.190. The number of benzene rings is 1. The third kappa shape index (κ3) is 2.95. The average molecular weight is 405 g/mol. The molecule has 0 spiro atoms. The number of nitrogens with zero attached hydrogens (tertiary/aromatic N) is 3. The minimum absolute atomic E-state index is 0.0175. The highest BCUT2D eigenvalue weighted by Gasteiger charge is 2.37. The van der Waals surface area contributed by atoms with Crippen LogP contribution in [0.1, 0.15) is 17.0 Å². The Morgan fingerprint density at radius 1 is 1.13 bits per heavy atom. The van der Waals surface area contributed by atoms with Crippen LogP contribution >= 0.6 is 0 Å². The largest absolute Gasteiger partial charge is 0.496 e. The molecule has 0 unspecified atom stereocenters. The number of pyridine rings is 1. The van der Waals surface area contributed by atoms with Gasteiger partial charge >= 0.3 is 0 Å². The Hall–Kier alpha value is -4.19. The Labute approximate surface area is 172 Å². The predicted molar refractivity (Wildman–Crippen MR) is 107 cm³/mol. The summed E-state index contributed by atoms with van der Waals surface area (Å²) in [5.74, 6) is 1.15. The molecule has 0 saturated carbocycles. The summed E-state index contributed by atoms with van der Waals surface area (Å²) in [6.07, 6.45) is 3.38. The molecule has 1 aliphatic heterocycles. The van der Waals surface area contributed by atoms with Crippen molar-refractivity contribution in [2.45, 2.75) is 5.92 Å². The normalized spacial score (nSPS) is 15.1. The Bertz CT molecular complexity index is 1160. The van der Waals surface area contributed by atoms with Crippen molar-refractivity contribution in [1.82, 2.24) is 15.2 Å². The van der Waals surface area contributed by atoms with Crippen LogP contribution in [0.3, 0.4) is 0 Å². The summed E-state index contributed by atoms with van der Waals surface area (Å²) in [4.78, 5) is 4.17. The summed E-state index contributed by atoms with van der Waals surface area (Å²) in [6, 6.07) is 9.35. The van der Waals surface area contributed by atoms with E-state index in [0.717, 1.165) is 5.56 Å². The zero-order valence-electron chi connectivity index (χ0n) is 16.6. The number of aromatic nitrogens is 3. The van der Waals surface area contributed by atoms with E-state index >= 15 is 0 Å². The van der Waals surface area contributed by atoms with Gasteiger partial charge in [-0.1, -0.05) is 0 Å². The van der Waals surface area contributed by atoms with E-state index in [1.807, 2.05) is 12.1 Å². The molecule has 9 nitrogen and oxygen atoms in total. The first kappa shape index (κ1) is 19.1. The van der Waals surface area contributed by atoms with Gasteiger partial charge in [0.2, 0.25) is 11.8 Å². The fourth-order valence-corrected chi connectivity index (χ4v) is 3.57. The maximum Gasteiger partial charge on any atom is 0.244 e. The number of nitrogens with one attached hydrogen (secondary N) is 1. The summed E-state index contributed by atoms with van der Waals surface area (Å²) in [6.45, 7) is 0. The number of allylic oxidation sites excluding steroid dienone is 1. The molecule has 1 aromatic carbocycles. The molecule has 0 bridgehead atoms. The zero-order chi connectivity index (χ0) is 21.3. The minimum Gasteiger partial charge on any atom is -0.496 e. The summed E-state index contributed by atoms with van der Waals surface area (Å²) < 4.78 is 22.1. The fourth-order valence-electron chi connectivity index (χ4n) is 3.57. The van der Waals surface area contributed by atoms with Gasteiger partial charge in [-0.25, -0.2) is 0 Å². The lowest BCUT2D eigenvalue weighted by molar-refractivity contribution is 0.346. The number of hydrogen-bond donors (Lipinski definition) is 2. The molecule has 3 heterocycles. The topological polar surface area (TPSA) is 128 Å². The molecule has 0 saturated heterocycles. The Morgan fingerprint density at radius 3 is 2.50 bits per heavy atom. The molecule has 4 rings (SSSR count). The maximum absolute atomic E-state index is 9.90. The molecule has 0 aliphatic carbocycles. The average Bonchev–Trinajstić information content (AvgIpc) is 3.21. The van der Waals surface area contributed by atoms with Crippen molar-refractivity contribution in [3.8, 4) is 40.5 Å². The van der Waals surface area contributed by atoms with Gasteiger partial charge in [-0.15, -0.1) is 5.10 Å². The van der Waals surface area contributed by atoms with E-state index in [0.29, 0.717) is 34.1 Å². The first-order valence-electron chi connectivity index (χ1n) is 8.99. The first-order chi connectivity index (χ1) is 14.6. The second kappa shape index (κ2) is 7.67. The van der Waals surface area contributed by atoms with Gasteiger partial charge in [0, 0.05) is 29.6 Å². The van der Waals surface area contributed by atoms with Crippen molar-refractivity contribution < 1.29 is 18.9 Å². The standard InChI is InChI=1S/C21H19N5O4/c1-27-14-8-16(29-3)15(28-2)7-12(14)17-13(9-22)20(23)30-21-18(17)19(25-26-21)11-5-4-6-24-10-11/h4-8,10,17H,23H2,1-3H3,(H,25,26)/t17-/m0/s1. The third-order valence-electron chi connectivity index (χ3n) is 4.94. The van der Waals surface area contributed by atoms with Gasteiger partial charge in [-0.3, -0.25) is 10.1 Å². The highest BCUT2D eigenvalue weighted by molar-refractivity contribution is 5.71. The van der Waals surface area contributed by atoms with E-state index < -0.39 is 5.92 Å². The van der Waals surface area contributed by atoms with E-state index in [1.165, 1.54) is 7.11 Å². The molecular formula is C21H19N5O4.